The van der Waals surface area contributed by atoms with Crippen LogP contribution in [-0.4, -0.2) is 18.0 Å². The molecule has 4 heteroatoms. The lowest BCUT2D eigenvalue weighted by molar-refractivity contribution is 0.224. The average molecular weight is 298 g/mol. The molecule has 0 fully saturated rings. The topological polar surface area (TPSA) is 56.0 Å². The molecule has 0 saturated carbocycles. The van der Waals surface area contributed by atoms with Crippen molar-refractivity contribution in [3.63, 3.8) is 0 Å². The molecule has 0 heterocycles. The van der Waals surface area contributed by atoms with Gasteiger partial charge in [-0.3, -0.25) is 0 Å². The number of nitriles is 1. The van der Waals surface area contributed by atoms with E-state index in [1.807, 2.05) is 61.7 Å². The summed E-state index contributed by atoms with van der Waals surface area (Å²) in [6, 6.07) is 17.7. The number of benzene rings is 2. The minimum Gasteiger partial charge on any atom is -0.394 e. The molecule has 0 aromatic heterocycles. The fourth-order valence-corrected chi connectivity index (χ4v) is 2.80. The van der Waals surface area contributed by atoms with Crippen molar-refractivity contribution in [3.8, 4) is 6.07 Å². The van der Waals surface area contributed by atoms with Crippen molar-refractivity contribution in [3.05, 3.63) is 59.7 Å². The van der Waals surface area contributed by atoms with Crippen molar-refractivity contribution in [1.82, 2.24) is 0 Å². The van der Waals surface area contributed by atoms with Gasteiger partial charge in [-0.05, 0) is 30.9 Å². The van der Waals surface area contributed by atoms with Crippen LogP contribution in [0.15, 0.2) is 53.4 Å². The van der Waals surface area contributed by atoms with E-state index in [0.29, 0.717) is 5.56 Å². The number of thioether (sulfide) groups is 1. The first kappa shape index (κ1) is 15.4. The van der Waals surface area contributed by atoms with Gasteiger partial charge in [0.2, 0.25) is 0 Å². The molecule has 108 valence electrons. The van der Waals surface area contributed by atoms with Gasteiger partial charge < -0.3 is 10.4 Å². The van der Waals surface area contributed by atoms with E-state index < -0.39 is 5.54 Å². The third-order valence-corrected chi connectivity index (χ3v) is 4.28. The van der Waals surface area contributed by atoms with Crippen molar-refractivity contribution >= 4 is 17.4 Å². The van der Waals surface area contributed by atoms with E-state index in [2.05, 4.69) is 11.4 Å². The van der Waals surface area contributed by atoms with Crippen LogP contribution >= 0.6 is 11.8 Å². The summed E-state index contributed by atoms with van der Waals surface area (Å²) in [6.45, 7) is 1.86. The number of rotatable bonds is 5. The highest BCUT2D eigenvalue weighted by Crippen LogP contribution is 2.31. The van der Waals surface area contributed by atoms with Crippen molar-refractivity contribution < 1.29 is 5.11 Å². The monoisotopic (exact) mass is 298 g/mol. The molecule has 0 amide bonds. The Morgan fingerprint density at radius 3 is 2.48 bits per heavy atom. The molecule has 21 heavy (non-hydrogen) atoms. The van der Waals surface area contributed by atoms with Gasteiger partial charge in [0.15, 0.2) is 0 Å². The second-order valence-electron chi connectivity index (χ2n) is 4.98. The number of nitrogens with one attached hydrogen (secondary N) is 1. The Labute approximate surface area is 129 Å². The summed E-state index contributed by atoms with van der Waals surface area (Å²) < 4.78 is 0. The summed E-state index contributed by atoms with van der Waals surface area (Å²) >= 11 is 1.54. The fraction of sp³-hybridized carbons (Fsp3) is 0.235. The minimum atomic E-state index is -0.635. The highest BCUT2D eigenvalue weighted by atomic mass is 32.2. The molecule has 1 unspecified atom stereocenters. The first-order chi connectivity index (χ1) is 10.1. The third-order valence-electron chi connectivity index (χ3n) is 3.50. The fourth-order valence-electron chi connectivity index (χ4n) is 2.23. The van der Waals surface area contributed by atoms with E-state index in [1.165, 1.54) is 11.8 Å². The average Bonchev–Trinajstić information content (AvgIpc) is 2.55. The van der Waals surface area contributed by atoms with E-state index in [1.54, 1.807) is 0 Å². The van der Waals surface area contributed by atoms with Crippen molar-refractivity contribution in [2.75, 3.05) is 18.2 Å². The first-order valence-corrected chi connectivity index (χ1v) is 7.89. The number of aliphatic hydroxyl groups is 1. The van der Waals surface area contributed by atoms with Crippen LogP contribution in [-0.2, 0) is 5.54 Å². The zero-order valence-corrected chi connectivity index (χ0v) is 12.9. The van der Waals surface area contributed by atoms with Crippen LogP contribution in [0.25, 0.3) is 0 Å². The lowest BCUT2D eigenvalue weighted by Crippen LogP contribution is -2.36. The summed E-state index contributed by atoms with van der Waals surface area (Å²) in [5, 5.41) is 22.6. The highest BCUT2D eigenvalue weighted by Gasteiger charge is 2.26. The smallest absolute Gasteiger partial charge is 0.102 e. The van der Waals surface area contributed by atoms with Gasteiger partial charge in [-0.2, -0.15) is 5.26 Å². The van der Waals surface area contributed by atoms with Gasteiger partial charge in [-0.25, -0.2) is 0 Å². The molecule has 3 nitrogen and oxygen atoms in total. The Morgan fingerprint density at radius 1 is 1.19 bits per heavy atom. The molecular formula is C17H18N2OS. The van der Waals surface area contributed by atoms with E-state index in [-0.39, 0.29) is 6.61 Å². The SMILES string of the molecule is CSc1cccc(NC(C)(CO)c2ccccc2)c1C#N. The van der Waals surface area contributed by atoms with Crippen LogP contribution in [0.4, 0.5) is 5.69 Å². The number of nitrogens with zero attached hydrogens (tertiary/aromatic N) is 1. The quantitative estimate of drug-likeness (QED) is 0.828. The summed E-state index contributed by atoms with van der Waals surface area (Å²) in [6.07, 6.45) is 1.95. The molecule has 0 bridgehead atoms. The molecule has 2 aromatic carbocycles. The standard InChI is InChI=1S/C17H18N2OS/c1-17(12-20,13-7-4-3-5-8-13)19-15-9-6-10-16(21-2)14(15)11-18/h3-10,19-20H,12H2,1-2H3. The van der Waals surface area contributed by atoms with E-state index in [4.69, 9.17) is 0 Å². The van der Waals surface area contributed by atoms with Gasteiger partial charge in [0.25, 0.3) is 0 Å². The molecule has 0 aliphatic heterocycles. The zero-order chi connectivity index (χ0) is 15.3. The van der Waals surface area contributed by atoms with Crippen LogP contribution in [0, 0.1) is 11.3 Å². The maximum absolute atomic E-state index is 9.84. The van der Waals surface area contributed by atoms with Gasteiger partial charge >= 0.3 is 0 Å². The Hall–Kier alpha value is -1.96. The van der Waals surface area contributed by atoms with Crippen LogP contribution < -0.4 is 5.32 Å². The minimum absolute atomic E-state index is 0.0641. The molecule has 0 aliphatic rings. The van der Waals surface area contributed by atoms with Crippen molar-refractivity contribution in [2.45, 2.75) is 17.4 Å². The summed E-state index contributed by atoms with van der Waals surface area (Å²) in [5.74, 6) is 0. The molecule has 1 atom stereocenters. The van der Waals surface area contributed by atoms with Gasteiger partial charge in [-0.15, -0.1) is 11.8 Å². The van der Waals surface area contributed by atoms with E-state index in [9.17, 15) is 10.4 Å². The molecule has 0 saturated heterocycles. The number of hydrogen-bond donors (Lipinski definition) is 2. The van der Waals surface area contributed by atoms with Crippen molar-refractivity contribution in [1.29, 1.82) is 5.26 Å². The third kappa shape index (κ3) is 3.21. The van der Waals surface area contributed by atoms with Crippen LogP contribution in [0.3, 0.4) is 0 Å². The zero-order valence-electron chi connectivity index (χ0n) is 12.1. The maximum atomic E-state index is 9.84. The molecular weight excluding hydrogens is 280 g/mol. The second-order valence-corrected chi connectivity index (χ2v) is 5.82. The Balaban J connectivity index is 2.43. The summed E-state index contributed by atoms with van der Waals surface area (Å²) in [4.78, 5) is 0.927. The Morgan fingerprint density at radius 2 is 1.90 bits per heavy atom. The first-order valence-electron chi connectivity index (χ1n) is 6.66. The van der Waals surface area contributed by atoms with Crippen LogP contribution in [0.1, 0.15) is 18.1 Å². The maximum Gasteiger partial charge on any atom is 0.102 e. The molecule has 2 rings (SSSR count). The lowest BCUT2D eigenvalue weighted by atomic mass is 9.92. The van der Waals surface area contributed by atoms with Gasteiger partial charge in [0, 0.05) is 4.90 Å². The lowest BCUT2D eigenvalue weighted by Gasteiger charge is -2.31. The highest BCUT2D eigenvalue weighted by molar-refractivity contribution is 7.98. The molecule has 0 radical (unpaired) electrons. The summed E-state index contributed by atoms with van der Waals surface area (Å²) in [5.41, 5.74) is 1.69. The predicted octanol–water partition coefficient (Wildman–Crippen LogP) is 3.60. The van der Waals surface area contributed by atoms with E-state index >= 15 is 0 Å². The molecule has 2 aromatic rings. The normalized spacial score (nSPS) is 13.2. The number of anilines is 1. The van der Waals surface area contributed by atoms with Gasteiger partial charge in [-0.1, -0.05) is 36.4 Å². The van der Waals surface area contributed by atoms with Crippen LogP contribution in [0.5, 0.6) is 0 Å². The van der Waals surface area contributed by atoms with E-state index in [0.717, 1.165) is 16.1 Å². The molecule has 0 spiro atoms. The Bertz CT molecular complexity index is 652. The number of aliphatic hydroxyl groups excluding tert-OH is 1. The summed E-state index contributed by atoms with van der Waals surface area (Å²) in [7, 11) is 0. The molecule has 0 aliphatic carbocycles. The molecule has 2 N–H and O–H groups in total. The van der Waals surface area contributed by atoms with Crippen LogP contribution in [0.2, 0.25) is 0 Å². The largest absolute Gasteiger partial charge is 0.394 e. The predicted molar refractivity (Wildman–Crippen MR) is 87.4 cm³/mol. The number of hydrogen-bond acceptors (Lipinski definition) is 4. The Kier molecular flexibility index (Phi) is 4.89. The second kappa shape index (κ2) is 6.66. The van der Waals surface area contributed by atoms with Crippen molar-refractivity contribution in [2.24, 2.45) is 0 Å². The van der Waals surface area contributed by atoms with Gasteiger partial charge in [0.1, 0.15) is 6.07 Å². The van der Waals surface area contributed by atoms with Gasteiger partial charge in [0.05, 0.1) is 23.4 Å².